The molecule has 2 saturated carbocycles. The molecule has 0 aromatic heterocycles. The normalized spacial score (nSPS) is 34.3. The Labute approximate surface area is 171 Å². The molecule has 28 heavy (non-hydrogen) atoms. The van der Waals surface area contributed by atoms with Gasteiger partial charge in [-0.1, -0.05) is 6.42 Å². The fourth-order valence-corrected chi connectivity index (χ4v) is 5.44. The SMILES string of the molecule is C1CC2(C1)CCN2.C1CC2(C1)CNC2.C1CC2(CCN2)N1.C1CC2(CNC2)N1. The van der Waals surface area contributed by atoms with Crippen LogP contribution >= 0.6 is 0 Å². The lowest BCUT2D eigenvalue weighted by molar-refractivity contribution is 0.0603. The maximum atomic E-state index is 3.46. The van der Waals surface area contributed by atoms with Gasteiger partial charge in [0.15, 0.2) is 0 Å². The Morgan fingerprint density at radius 2 is 0.893 bits per heavy atom. The molecule has 0 atom stereocenters. The molecule has 6 heterocycles. The van der Waals surface area contributed by atoms with E-state index in [0.717, 1.165) is 5.41 Å². The van der Waals surface area contributed by atoms with Gasteiger partial charge in [0.05, 0.1) is 5.66 Å². The maximum Gasteiger partial charge on any atom is 0.0711 e. The molecule has 6 saturated heterocycles. The van der Waals surface area contributed by atoms with Crippen LogP contribution in [0.1, 0.15) is 64.2 Å². The van der Waals surface area contributed by atoms with Crippen molar-refractivity contribution in [3.63, 3.8) is 0 Å². The number of nitrogens with one attached hydrogen (secondary N) is 6. The Balaban J connectivity index is 0.0000000813. The summed E-state index contributed by atoms with van der Waals surface area (Å²) in [7, 11) is 0. The molecular weight excluding hydrogens is 348 g/mol. The number of hydrogen-bond acceptors (Lipinski definition) is 6. The zero-order chi connectivity index (χ0) is 19.0. The standard InChI is InChI=1S/2C6H11N.2C5H10N2/c1-2-6(3-1)4-7-5-6;1-2-6(3-1)4-5-7-6;1-3-6-5(1)2-4-7-5;1-2-7-5(1)3-6-4-5/h2*7H,1-5H2;2*6-7H,1-4H2. The zero-order valence-electron chi connectivity index (χ0n) is 17.7. The lowest BCUT2D eigenvalue weighted by atomic mass is 9.65. The summed E-state index contributed by atoms with van der Waals surface area (Å²) in [6.45, 7) is 9.97. The van der Waals surface area contributed by atoms with E-state index < -0.39 is 0 Å². The number of rotatable bonds is 0. The highest BCUT2D eigenvalue weighted by Gasteiger charge is 2.43. The van der Waals surface area contributed by atoms with Crippen molar-refractivity contribution in [1.29, 1.82) is 0 Å². The first-order chi connectivity index (χ1) is 13.7. The molecule has 8 aliphatic rings. The van der Waals surface area contributed by atoms with Gasteiger partial charge < -0.3 is 21.3 Å². The second kappa shape index (κ2) is 7.78. The van der Waals surface area contributed by atoms with Crippen LogP contribution in [0.15, 0.2) is 0 Å². The van der Waals surface area contributed by atoms with Gasteiger partial charge in [0.25, 0.3) is 0 Å². The first-order valence-corrected chi connectivity index (χ1v) is 12.1. The van der Waals surface area contributed by atoms with Crippen molar-refractivity contribution >= 4 is 0 Å². The third kappa shape index (κ3) is 3.88. The minimum Gasteiger partial charge on any atom is -0.316 e. The van der Waals surface area contributed by atoms with Crippen LogP contribution in [0.3, 0.4) is 0 Å². The predicted octanol–water partition coefficient (Wildman–Crippen LogP) is 0.653. The van der Waals surface area contributed by atoms with Crippen LogP contribution in [0, 0.1) is 5.41 Å². The van der Waals surface area contributed by atoms with Gasteiger partial charge in [0.1, 0.15) is 0 Å². The quantitative estimate of drug-likeness (QED) is 0.365. The zero-order valence-corrected chi connectivity index (χ0v) is 17.7. The summed E-state index contributed by atoms with van der Waals surface area (Å²) < 4.78 is 0. The highest BCUT2D eigenvalue weighted by molar-refractivity contribution is 5.06. The van der Waals surface area contributed by atoms with Crippen molar-refractivity contribution in [1.82, 2.24) is 31.9 Å². The number of hydrogen-bond donors (Lipinski definition) is 6. The van der Waals surface area contributed by atoms with Gasteiger partial charge in [-0.25, -0.2) is 0 Å². The second-order valence-electron chi connectivity index (χ2n) is 10.8. The van der Waals surface area contributed by atoms with E-state index in [4.69, 9.17) is 0 Å². The van der Waals surface area contributed by atoms with Gasteiger partial charge >= 0.3 is 0 Å². The molecule has 4 spiro atoms. The summed E-state index contributed by atoms with van der Waals surface area (Å²) >= 11 is 0. The highest BCUT2D eigenvalue weighted by atomic mass is 15.3. The molecule has 6 heteroatoms. The minimum atomic E-state index is 0.444. The molecule has 6 nitrogen and oxygen atoms in total. The van der Waals surface area contributed by atoms with E-state index in [9.17, 15) is 0 Å². The summed E-state index contributed by atoms with van der Waals surface area (Å²) in [6, 6.07) is 0. The Bertz CT molecular complexity index is 359. The van der Waals surface area contributed by atoms with E-state index >= 15 is 0 Å². The average Bonchev–Trinajstić information content (AvgIpc) is 2.24. The van der Waals surface area contributed by atoms with Gasteiger partial charge in [0.2, 0.25) is 0 Å². The second-order valence-corrected chi connectivity index (χ2v) is 10.8. The molecule has 160 valence electrons. The van der Waals surface area contributed by atoms with Crippen LogP contribution in [-0.4, -0.2) is 69.1 Å². The largest absolute Gasteiger partial charge is 0.316 e. The van der Waals surface area contributed by atoms with Crippen LogP contribution in [0.4, 0.5) is 0 Å². The topological polar surface area (TPSA) is 72.2 Å². The summed E-state index contributed by atoms with van der Waals surface area (Å²) in [5.41, 5.74) is 2.56. The summed E-state index contributed by atoms with van der Waals surface area (Å²) in [5.74, 6) is 0. The van der Waals surface area contributed by atoms with Gasteiger partial charge in [-0.05, 0) is 89.4 Å². The van der Waals surface area contributed by atoms with Gasteiger partial charge in [-0.15, -0.1) is 0 Å². The molecule has 8 rings (SSSR count). The van der Waals surface area contributed by atoms with Crippen molar-refractivity contribution in [2.75, 3.05) is 52.4 Å². The van der Waals surface area contributed by atoms with Gasteiger partial charge in [0, 0.05) is 37.3 Å². The summed E-state index contributed by atoms with van der Waals surface area (Å²) in [5, 5.41) is 20.1. The first kappa shape index (κ1) is 19.7. The van der Waals surface area contributed by atoms with Crippen molar-refractivity contribution < 1.29 is 0 Å². The van der Waals surface area contributed by atoms with Gasteiger partial charge in [-0.3, -0.25) is 10.6 Å². The molecule has 0 aromatic carbocycles. The van der Waals surface area contributed by atoms with E-state index in [1.807, 2.05) is 0 Å². The van der Waals surface area contributed by atoms with Crippen LogP contribution < -0.4 is 31.9 Å². The first-order valence-electron chi connectivity index (χ1n) is 12.1. The Morgan fingerprint density at radius 1 is 0.429 bits per heavy atom. The van der Waals surface area contributed by atoms with Crippen LogP contribution in [0.5, 0.6) is 0 Å². The van der Waals surface area contributed by atoms with E-state index in [-0.39, 0.29) is 0 Å². The third-order valence-corrected chi connectivity index (χ3v) is 8.89. The van der Waals surface area contributed by atoms with Crippen LogP contribution in [0.25, 0.3) is 0 Å². The van der Waals surface area contributed by atoms with Gasteiger partial charge in [-0.2, -0.15) is 0 Å². The van der Waals surface area contributed by atoms with Crippen LogP contribution in [-0.2, 0) is 0 Å². The Hall–Kier alpha value is -0.240. The molecule has 8 fully saturated rings. The summed E-state index contributed by atoms with van der Waals surface area (Å²) in [6.07, 6.45) is 14.4. The Kier molecular flexibility index (Phi) is 5.48. The minimum absolute atomic E-state index is 0.444. The Morgan fingerprint density at radius 3 is 0.893 bits per heavy atom. The van der Waals surface area contributed by atoms with Crippen molar-refractivity contribution in [2.24, 2.45) is 5.41 Å². The van der Waals surface area contributed by atoms with E-state index in [1.165, 1.54) is 117 Å². The van der Waals surface area contributed by atoms with Crippen molar-refractivity contribution in [2.45, 2.75) is 80.9 Å². The molecule has 0 aromatic rings. The van der Waals surface area contributed by atoms with E-state index in [0.29, 0.717) is 16.7 Å². The lowest BCUT2D eigenvalue weighted by Crippen LogP contribution is -2.74. The fourth-order valence-electron chi connectivity index (χ4n) is 5.44. The predicted molar refractivity (Wildman–Crippen MR) is 115 cm³/mol. The molecule has 0 amide bonds. The summed E-state index contributed by atoms with van der Waals surface area (Å²) in [4.78, 5) is 0. The molecule has 0 unspecified atom stereocenters. The van der Waals surface area contributed by atoms with Crippen molar-refractivity contribution in [3.8, 4) is 0 Å². The fraction of sp³-hybridized carbons (Fsp3) is 1.00. The monoisotopic (exact) mass is 390 g/mol. The molecule has 6 aliphatic heterocycles. The highest BCUT2D eigenvalue weighted by Crippen LogP contribution is 2.43. The van der Waals surface area contributed by atoms with Crippen LogP contribution in [0.2, 0.25) is 0 Å². The third-order valence-electron chi connectivity index (χ3n) is 8.89. The lowest BCUT2D eigenvalue weighted by Gasteiger charge is -2.51. The molecule has 2 aliphatic carbocycles. The molecular formula is C22H42N6. The smallest absolute Gasteiger partial charge is 0.0711 e. The molecule has 0 radical (unpaired) electrons. The van der Waals surface area contributed by atoms with E-state index in [1.54, 1.807) is 0 Å². The maximum absolute atomic E-state index is 3.46. The molecule has 0 bridgehead atoms. The molecule has 6 N–H and O–H groups in total. The van der Waals surface area contributed by atoms with Crippen molar-refractivity contribution in [3.05, 3.63) is 0 Å². The average molecular weight is 391 g/mol. The van der Waals surface area contributed by atoms with E-state index in [2.05, 4.69) is 31.9 Å².